The van der Waals surface area contributed by atoms with Gasteiger partial charge >= 0.3 is 0 Å². The number of nitrogens with one attached hydrogen (secondary N) is 2. The third kappa shape index (κ3) is 2.33. The van der Waals surface area contributed by atoms with Crippen molar-refractivity contribution in [3.63, 3.8) is 0 Å². The van der Waals surface area contributed by atoms with Crippen LogP contribution in [0.2, 0.25) is 0 Å². The summed E-state index contributed by atoms with van der Waals surface area (Å²) in [5, 5.41) is 6.92. The van der Waals surface area contributed by atoms with Gasteiger partial charge in [0, 0.05) is 13.1 Å². The quantitative estimate of drug-likeness (QED) is 0.582. The monoisotopic (exact) mass is 172 g/mol. The van der Waals surface area contributed by atoms with Gasteiger partial charge in [-0.15, -0.1) is 0 Å². The molecule has 11 heavy (non-hydrogen) atoms. The van der Waals surface area contributed by atoms with Gasteiger partial charge in [-0.3, -0.25) is 0 Å². The predicted octanol–water partition coefficient (Wildman–Crippen LogP) is 1.27. The first kappa shape index (κ1) is 8.78. The Labute approximate surface area is 73.7 Å². The topological polar surface area (TPSA) is 24.1 Å². The highest BCUT2D eigenvalue weighted by Crippen LogP contribution is 2.39. The fraction of sp³-hybridized carbons (Fsp3) is 0.875. The summed E-state index contributed by atoms with van der Waals surface area (Å²) in [5.74, 6) is 0. The standard InChI is InChI=1S/C8H16N2S/c1-8(2)4-6(5-8)10-7(11)9-3/h6H,4-5H2,1-3H3,(H2,9,10,11). The zero-order chi connectivity index (χ0) is 8.48. The Morgan fingerprint density at radius 3 is 2.36 bits per heavy atom. The second kappa shape index (κ2) is 2.97. The Hall–Kier alpha value is -0.310. The van der Waals surface area contributed by atoms with E-state index in [1.807, 2.05) is 7.05 Å². The molecule has 1 fully saturated rings. The number of rotatable bonds is 1. The highest BCUT2D eigenvalue weighted by molar-refractivity contribution is 7.80. The first-order valence-electron chi connectivity index (χ1n) is 4.02. The molecule has 0 spiro atoms. The van der Waals surface area contributed by atoms with Gasteiger partial charge < -0.3 is 10.6 Å². The smallest absolute Gasteiger partial charge is 0.166 e. The highest BCUT2D eigenvalue weighted by atomic mass is 32.1. The van der Waals surface area contributed by atoms with Gasteiger partial charge in [0.2, 0.25) is 0 Å². The molecule has 1 aliphatic carbocycles. The normalized spacial score (nSPS) is 22.1. The average molecular weight is 172 g/mol. The Kier molecular flexibility index (Phi) is 2.37. The van der Waals surface area contributed by atoms with Gasteiger partial charge in [0.15, 0.2) is 5.11 Å². The highest BCUT2D eigenvalue weighted by Gasteiger charge is 2.35. The lowest BCUT2D eigenvalue weighted by Gasteiger charge is -2.43. The van der Waals surface area contributed by atoms with Crippen molar-refractivity contribution in [2.24, 2.45) is 5.41 Å². The lowest BCUT2D eigenvalue weighted by Crippen LogP contribution is -2.50. The third-order valence-electron chi connectivity index (χ3n) is 2.16. The van der Waals surface area contributed by atoms with Gasteiger partial charge in [-0.2, -0.15) is 0 Å². The maximum absolute atomic E-state index is 4.98. The zero-order valence-corrected chi connectivity index (χ0v) is 8.22. The third-order valence-corrected chi connectivity index (χ3v) is 2.48. The molecule has 64 valence electrons. The van der Waals surface area contributed by atoms with Crippen LogP contribution in [0.15, 0.2) is 0 Å². The molecule has 1 saturated carbocycles. The first-order valence-corrected chi connectivity index (χ1v) is 4.42. The molecule has 0 heterocycles. The van der Waals surface area contributed by atoms with E-state index in [2.05, 4.69) is 24.5 Å². The maximum Gasteiger partial charge on any atom is 0.166 e. The summed E-state index contributed by atoms with van der Waals surface area (Å²) < 4.78 is 0. The molecular formula is C8H16N2S. The second-order valence-corrected chi connectivity index (χ2v) is 4.40. The molecule has 1 rings (SSSR count). The summed E-state index contributed by atoms with van der Waals surface area (Å²) in [6.07, 6.45) is 2.46. The van der Waals surface area contributed by atoms with Crippen molar-refractivity contribution in [3.8, 4) is 0 Å². The van der Waals surface area contributed by atoms with Crippen LogP contribution in [-0.2, 0) is 0 Å². The molecule has 0 saturated heterocycles. The molecule has 0 bridgehead atoms. The summed E-state index contributed by atoms with van der Waals surface area (Å²) >= 11 is 4.98. The van der Waals surface area contributed by atoms with E-state index in [4.69, 9.17) is 12.2 Å². The van der Waals surface area contributed by atoms with E-state index in [0.29, 0.717) is 11.5 Å². The van der Waals surface area contributed by atoms with Gasteiger partial charge in [0.25, 0.3) is 0 Å². The lowest BCUT2D eigenvalue weighted by molar-refractivity contribution is 0.141. The van der Waals surface area contributed by atoms with Crippen LogP contribution in [0, 0.1) is 5.41 Å². The summed E-state index contributed by atoms with van der Waals surface area (Å²) in [7, 11) is 1.85. The largest absolute Gasteiger partial charge is 0.366 e. The minimum Gasteiger partial charge on any atom is -0.366 e. The van der Waals surface area contributed by atoms with E-state index in [-0.39, 0.29) is 0 Å². The number of hydrogen-bond donors (Lipinski definition) is 2. The Morgan fingerprint density at radius 2 is 2.00 bits per heavy atom. The van der Waals surface area contributed by atoms with E-state index in [1.54, 1.807) is 0 Å². The molecule has 0 amide bonds. The molecular weight excluding hydrogens is 156 g/mol. The molecule has 0 aromatic carbocycles. The van der Waals surface area contributed by atoms with Gasteiger partial charge in [-0.1, -0.05) is 13.8 Å². The minimum absolute atomic E-state index is 0.529. The maximum atomic E-state index is 4.98. The molecule has 0 unspecified atom stereocenters. The number of thiocarbonyl (C=S) groups is 1. The van der Waals surface area contributed by atoms with Crippen LogP contribution in [0.4, 0.5) is 0 Å². The summed E-state index contributed by atoms with van der Waals surface area (Å²) in [6, 6.07) is 0.602. The number of hydrogen-bond acceptors (Lipinski definition) is 1. The van der Waals surface area contributed by atoms with E-state index >= 15 is 0 Å². The van der Waals surface area contributed by atoms with Gasteiger partial charge in [0.1, 0.15) is 0 Å². The molecule has 0 aliphatic heterocycles. The van der Waals surface area contributed by atoms with E-state index < -0.39 is 0 Å². The van der Waals surface area contributed by atoms with E-state index in [9.17, 15) is 0 Å². The van der Waals surface area contributed by atoms with Crippen molar-refractivity contribution in [1.82, 2.24) is 10.6 Å². The van der Waals surface area contributed by atoms with Crippen molar-refractivity contribution in [2.75, 3.05) is 7.05 Å². The van der Waals surface area contributed by atoms with Crippen molar-refractivity contribution < 1.29 is 0 Å². The zero-order valence-electron chi connectivity index (χ0n) is 7.40. The Morgan fingerprint density at radius 1 is 1.45 bits per heavy atom. The van der Waals surface area contributed by atoms with Gasteiger partial charge in [0.05, 0.1) is 0 Å². The average Bonchev–Trinajstić information content (AvgIpc) is 1.83. The Bertz CT molecular complexity index is 157. The fourth-order valence-electron chi connectivity index (χ4n) is 1.63. The molecule has 0 radical (unpaired) electrons. The predicted molar refractivity (Wildman–Crippen MR) is 51.6 cm³/mol. The van der Waals surface area contributed by atoms with Crippen LogP contribution < -0.4 is 10.6 Å². The minimum atomic E-state index is 0.529. The first-order chi connectivity index (χ1) is 5.03. The Balaban J connectivity index is 2.19. The molecule has 0 atom stereocenters. The van der Waals surface area contributed by atoms with E-state index in [0.717, 1.165) is 5.11 Å². The fourth-order valence-corrected chi connectivity index (χ4v) is 1.80. The molecule has 3 heteroatoms. The molecule has 2 N–H and O–H groups in total. The van der Waals surface area contributed by atoms with Crippen molar-refractivity contribution >= 4 is 17.3 Å². The molecule has 2 nitrogen and oxygen atoms in total. The van der Waals surface area contributed by atoms with Crippen LogP contribution in [0.3, 0.4) is 0 Å². The van der Waals surface area contributed by atoms with E-state index in [1.165, 1.54) is 12.8 Å². The van der Waals surface area contributed by atoms with Crippen molar-refractivity contribution in [1.29, 1.82) is 0 Å². The molecule has 0 aromatic heterocycles. The van der Waals surface area contributed by atoms with Gasteiger partial charge in [-0.25, -0.2) is 0 Å². The summed E-state index contributed by atoms with van der Waals surface area (Å²) in [5.41, 5.74) is 0.529. The lowest BCUT2D eigenvalue weighted by atomic mass is 9.68. The van der Waals surface area contributed by atoms with Crippen molar-refractivity contribution in [3.05, 3.63) is 0 Å². The van der Waals surface area contributed by atoms with Gasteiger partial charge in [-0.05, 0) is 30.5 Å². The molecule has 1 aliphatic rings. The van der Waals surface area contributed by atoms with Crippen LogP contribution >= 0.6 is 12.2 Å². The summed E-state index contributed by atoms with van der Waals surface area (Å²) in [6.45, 7) is 4.57. The van der Waals surface area contributed by atoms with Crippen LogP contribution in [0.25, 0.3) is 0 Å². The van der Waals surface area contributed by atoms with Crippen molar-refractivity contribution in [2.45, 2.75) is 32.7 Å². The summed E-state index contributed by atoms with van der Waals surface area (Å²) in [4.78, 5) is 0. The van der Waals surface area contributed by atoms with Crippen LogP contribution in [0.5, 0.6) is 0 Å². The van der Waals surface area contributed by atoms with Crippen LogP contribution in [-0.4, -0.2) is 18.2 Å². The van der Waals surface area contributed by atoms with Crippen LogP contribution in [0.1, 0.15) is 26.7 Å². The molecule has 0 aromatic rings. The SMILES string of the molecule is CNC(=S)NC1CC(C)(C)C1. The second-order valence-electron chi connectivity index (χ2n) is 3.99.